The molecule has 0 amide bonds. The molecule has 1 rings (SSSR count). The van der Waals surface area contributed by atoms with E-state index in [1.165, 1.54) is 0 Å². The van der Waals surface area contributed by atoms with Gasteiger partial charge in [-0.05, 0) is 31.0 Å². The number of rotatable bonds is 5. The van der Waals surface area contributed by atoms with Crippen molar-refractivity contribution < 1.29 is 9.84 Å². The first-order chi connectivity index (χ1) is 6.77. The first-order valence-corrected chi connectivity index (χ1v) is 4.87. The molecule has 86 valence electrons. The zero-order valence-electron chi connectivity index (χ0n) is 8.85. The summed E-state index contributed by atoms with van der Waals surface area (Å²) >= 11 is 0. The van der Waals surface area contributed by atoms with E-state index >= 15 is 0 Å². The Morgan fingerprint density at radius 1 is 1.47 bits per heavy atom. The van der Waals surface area contributed by atoms with Crippen LogP contribution in [0.25, 0.3) is 0 Å². The Kier molecular flexibility index (Phi) is 7.13. The van der Waals surface area contributed by atoms with Gasteiger partial charge >= 0.3 is 0 Å². The van der Waals surface area contributed by atoms with Crippen molar-refractivity contribution in [2.24, 2.45) is 5.73 Å². The topological polar surface area (TPSA) is 55.5 Å². The van der Waals surface area contributed by atoms with Gasteiger partial charge in [-0.3, -0.25) is 0 Å². The van der Waals surface area contributed by atoms with Crippen LogP contribution in [0.4, 0.5) is 0 Å². The van der Waals surface area contributed by atoms with Crippen molar-refractivity contribution in [2.75, 3.05) is 13.2 Å². The van der Waals surface area contributed by atoms with E-state index < -0.39 is 0 Å². The molecular weight excluding hydrogens is 214 g/mol. The van der Waals surface area contributed by atoms with E-state index in [1.54, 1.807) is 0 Å². The lowest BCUT2D eigenvalue weighted by atomic mass is 10.1. The van der Waals surface area contributed by atoms with Crippen molar-refractivity contribution in [3.8, 4) is 5.75 Å². The highest BCUT2D eigenvalue weighted by atomic mass is 35.5. The Morgan fingerprint density at radius 3 is 2.80 bits per heavy atom. The molecule has 4 heteroatoms. The Hall–Kier alpha value is -0.770. The molecule has 0 fully saturated rings. The summed E-state index contributed by atoms with van der Waals surface area (Å²) in [6.45, 7) is 2.71. The Bertz CT molecular complexity index is 281. The maximum Gasteiger partial charge on any atom is 0.119 e. The highest BCUT2D eigenvalue weighted by molar-refractivity contribution is 5.85. The largest absolute Gasteiger partial charge is 0.494 e. The third kappa shape index (κ3) is 4.51. The quantitative estimate of drug-likeness (QED) is 0.814. The van der Waals surface area contributed by atoms with E-state index in [-0.39, 0.29) is 25.1 Å². The number of ether oxygens (including phenoxy) is 1. The molecule has 15 heavy (non-hydrogen) atoms. The summed E-state index contributed by atoms with van der Waals surface area (Å²) in [7, 11) is 0. The molecule has 1 atom stereocenters. The summed E-state index contributed by atoms with van der Waals surface area (Å²) in [4.78, 5) is 0. The lowest BCUT2D eigenvalue weighted by molar-refractivity contribution is 0.276. The second-order valence-electron chi connectivity index (χ2n) is 3.12. The van der Waals surface area contributed by atoms with E-state index in [2.05, 4.69) is 0 Å². The van der Waals surface area contributed by atoms with E-state index in [0.717, 1.165) is 11.3 Å². The van der Waals surface area contributed by atoms with Gasteiger partial charge in [0.05, 0.1) is 6.61 Å². The molecule has 0 spiro atoms. The van der Waals surface area contributed by atoms with Gasteiger partial charge in [-0.2, -0.15) is 0 Å². The predicted octanol–water partition coefficient (Wildman–Crippen LogP) is 1.89. The smallest absolute Gasteiger partial charge is 0.119 e. The number of hydrogen-bond donors (Lipinski definition) is 2. The van der Waals surface area contributed by atoms with E-state index in [4.69, 9.17) is 15.6 Å². The van der Waals surface area contributed by atoms with Crippen LogP contribution in [0.15, 0.2) is 24.3 Å². The van der Waals surface area contributed by atoms with Crippen molar-refractivity contribution in [2.45, 2.75) is 19.4 Å². The van der Waals surface area contributed by atoms with Crippen molar-refractivity contribution in [1.82, 2.24) is 0 Å². The van der Waals surface area contributed by atoms with Gasteiger partial charge in [0.25, 0.3) is 0 Å². The van der Waals surface area contributed by atoms with Crippen LogP contribution in [0, 0.1) is 0 Å². The van der Waals surface area contributed by atoms with Crippen molar-refractivity contribution in [1.29, 1.82) is 0 Å². The Morgan fingerprint density at radius 2 is 2.20 bits per heavy atom. The van der Waals surface area contributed by atoms with Crippen LogP contribution < -0.4 is 10.5 Å². The molecule has 0 saturated carbocycles. The maximum atomic E-state index is 8.76. The molecule has 0 radical (unpaired) electrons. The van der Waals surface area contributed by atoms with E-state index in [0.29, 0.717) is 13.0 Å². The zero-order chi connectivity index (χ0) is 10.4. The highest BCUT2D eigenvalue weighted by Gasteiger charge is 2.05. The fourth-order valence-electron chi connectivity index (χ4n) is 1.31. The number of benzene rings is 1. The molecular formula is C11H18ClNO2. The van der Waals surface area contributed by atoms with Crippen LogP contribution >= 0.6 is 12.4 Å². The summed E-state index contributed by atoms with van der Waals surface area (Å²) in [5, 5.41) is 8.76. The number of nitrogens with two attached hydrogens (primary N) is 1. The molecule has 0 heterocycles. The van der Waals surface area contributed by atoms with Gasteiger partial charge in [0.15, 0.2) is 0 Å². The molecule has 0 aliphatic rings. The molecule has 0 aromatic heterocycles. The van der Waals surface area contributed by atoms with Gasteiger partial charge < -0.3 is 15.6 Å². The first kappa shape index (κ1) is 14.2. The fraction of sp³-hybridized carbons (Fsp3) is 0.455. The standard InChI is InChI=1S/C11H17NO2.ClH/c1-2-14-10-5-3-4-9(8-10)11(12)6-7-13;/h3-5,8,11,13H,2,6-7,12H2,1H3;1H. The first-order valence-electron chi connectivity index (χ1n) is 4.87. The lowest BCUT2D eigenvalue weighted by Gasteiger charge is -2.11. The second kappa shape index (κ2) is 7.51. The van der Waals surface area contributed by atoms with Crippen molar-refractivity contribution in [3.63, 3.8) is 0 Å². The van der Waals surface area contributed by atoms with Crippen LogP contribution in [-0.4, -0.2) is 18.3 Å². The molecule has 3 N–H and O–H groups in total. The average molecular weight is 232 g/mol. The van der Waals surface area contributed by atoms with Crippen molar-refractivity contribution >= 4 is 12.4 Å². The monoisotopic (exact) mass is 231 g/mol. The molecule has 0 aliphatic heterocycles. The Labute approximate surface area is 96.7 Å². The summed E-state index contributed by atoms with van der Waals surface area (Å²) in [6, 6.07) is 7.57. The predicted molar refractivity (Wildman–Crippen MR) is 63.5 cm³/mol. The van der Waals surface area contributed by atoms with E-state index in [9.17, 15) is 0 Å². The molecule has 1 aromatic carbocycles. The lowest BCUT2D eigenvalue weighted by Crippen LogP contribution is -2.11. The van der Waals surface area contributed by atoms with E-state index in [1.807, 2.05) is 31.2 Å². The number of aliphatic hydroxyl groups is 1. The normalized spacial score (nSPS) is 11.7. The Balaban J connectivity index is 0.00000196. The maximum absolute atomic E-state index is 8.76. The number of hydrogen-bond acceptors (Lipinski definition) is 3. The molecule has 3 nitrogen and oxygen atoms in total. The zero-order valence-corrected chi connectivity index (χ0v) is 9.67. The van der Waals surface area contributed by atoms with Crippen LogP contribution in [0.3, 0.4) is 0 Å². The van der Waals surface area contributed by atoms with Gasteiger partial charge in [-0.25, -0.2) is 0 Å². The SMILES string of the molecule is CCOc1cccc(C(N)CCO)c1.Cl. The molecule has 0 saturated heterocycles. The van der Waals surface area contributed by atoms with Crippen LogP contribution in [0.5, 0.6) is 5.75 Å². The summed E-state index contributed by atoms with van der Waals surface area (Å²) in [5.41, 5.74) is 6.86. The van der Waals surface area contributed by atoms with Crippen LogP contribution in [0.1, 0.15) is 24.9 Å². The van der Waals surface area contributed by atoms with Gasteiger partial charge in [-0.15, -0.1) is 12.4 Å². The summed E-state index contributed by atoms with van der Waals surface area (Å²) in [5.74, 6) is 0.832. The van der Waals surface area contributed by atoms with Crippen LogP contribution in [-0.2, 0) is 0 Å². The molecule has 0 aliphatic carbocycles. The summed E-state index contributed by atoms with van der Waals surface area (Å²) < 4.78 is 5.36. The average Bonchev–Trinajstić information content (AvgIpc) is 2.19. The minimum absolute atomic E-state index is 0. The van der Waals surface area contributed by atoms with Gasteiger partial charge in [0.2, 0.25) is 0 Å². The highest BCUT2D eigenvalue weighted by Crippen LogP contribution is 2.19. The third-order valence-electron chi connectivity index (χ3n) is 2.04. The van der Waals surface area contributed by atoms with Crippen LogP contribution in [0.2, 0.25) is 0 Å². The summed E-state index contributed by atoms with van der Waals surface area (Å²) in [6.07, 6.45) is 0.579. The number of halogens is 1. The van der Waals surface area contributed by atoms with Gasteiger partial charge in [0, 0.05) is 12.6 Å². The van der Waals surface area contributed by atoms with Gasteiger partial charge in [-0.1, -0.05) is 12.1 Å². The second-order valence-corrected chi connectivity index (χ2v) is 3.12. The fourth-order valence-corrected chi connectivity index (χ4v) is 1.31. The minimum atomic E-state index is -0.111. The minimum Gasteiger partial charge on any atom is -0.494 e. The molecule has 1 unspecified atom stereocenters. The third-order valence-corrected chi connectivity index (χ3v) is 2.04. The number of aliphatic hydroxyl groups excluding tert-OH is 1. The van der Waals surface area contributed by atoms with Gasteiger partial charge in [0.1, 0.15) is 5.75 Å². The molecule has 1 aromatic rings. The van der Waals surface area contributed by atoms with Crippen molar-refractivity contribution in [3.05, 3.63) is 29.8 Å². The molecule has 0 bridgehead atoms.